The zero-order chi connectivity index (χ0) is 7.82. The minimum Gasteiger partial charge on any atom is -0.396 e. The van der Waals surface area contributed by atoms with Crippen molar-refractivity contribution in [3.63, 3.8) is 0 Å². The predicted molar refractivity (Wildman–Crippen MR) is 41.5 cm³/mol. The van der Waals surface area contributed by atoms with E-state index in [1.54, 1.807) is 0 Å². The Labute approximate surface area is 62.9 Å². The van der Waals surface area contributed by atoms with E-state index in [2.05, 4.69) is 6.92 Å². The molecule has 0 aromatic rings. The molecule has 0 spiro atoms. The van der Waals surface area contributed by atoms with E-state index in [0.717, 1.165) is 25.7 Å². The molecule has 0 aromatic heterocycles. The molecule has 1 atom stereocenters. The van der Waals surface area contributed by atoms with E-state index in [9.17, 15) is 5.11 Å². The highest BCUT2D eigenvalue weighted by Crippen LogP contribution is 2.05. The van der Waals surface area contributed by atoms with Gasteiger partial charge in [0, 0.05) is 6.61 Å². The first kappa shape index (κ1) is 9.92. The van der Waals surface area contributed by atoms with Crippen LogP contribution in [0.15, 0.2) is 0 Å². The van der Waals surface area contributed by atoms with Crippen molar-refractivity contribution in [1.82, 2.24) is 0 Å². The molecular formula is C8H17O2. The second kappa shape index (κ2) is 7.03. The smallest absolute Gasteiger partial charge is 0.0541 e. The van der Waals surface area contributed by atoms with E-state index in [4.69, 9.17) is 5.11 Å². The number of hydrogen-bond acceptors (Lipinski definition) is 2. The topological polar surface area (TPSA) is 40.5 Å². The van der Waals surface area contributed by atoms with Crippen molar-refractivity contribution in [2.24, 2.45) is 0 Å². The van der Waals surface area contributed by atoms with Gasteiger partial charge >= 0.3 is 0 Å². The first-order valence-corrected chi connectivity index (χ1v) is 3.89. The van der Waals surface area contributed by atoms with Gasteiger partial charge in [0.05, 0.1) is 6.10 Å². The fourth-order valence-electron chi connectivity index (χ4n) is 0.851. The number of aliphatic hydroxyl groups is 2. The van der Waals surface area contributed by atoms with E-state index in [0.29, 0.717) is 6.42 Å². The quantitative estimate of drug-likeness (QED) is 0.588. The van der Waals surface area contributed by atoms with Crippen LogP contribution in [0.2, 0.25) is 0 Å². The lowest BCUT2D eigenvalue weighted by molar-refractivity contribution is 0.139. The maximum absolute atomic E-state index is 9.17. The summed E-state index contributed by atoms with van der Waals surface area (Å²) >= 11 is 0. The lowest BCUT2D eigenvalue weighted by Crippen LogP contribution is -2.06. The Morgan fingerprint density at radius 2 is 1.80 bits per heavy atom. The summed E-state index contributed by atoms with van der Waals surface area (Å²) in [4.78, 5) is 0. The van der Waals surface area contributed by atoms with Gasteiger partial charge in [-0.05, 0) is 19.3 Å². The largest absolute Gasteiger partial charge is 0.396 e. The molecule has 0 fully saturated rings. The maximum Gasteiger partial charge on any atom is 0.0541 e. The summed E-state index contributed by atoms with van der Waals surface area (Å²) in [5.41, 5.74) is 0. The third-order valence-electron chi connectivity index (χ3n) is 1.48. The number of unbranched alkanes of at least 4 members (excludes halogenated alkanes) is 1. The van der Waals surface area contributed by atoms with Gasteiger partial charge in [-0.1, -0.05) is 19.8 Å². The third kappa shape index (κ3) is 6.05. The van der Waals surface area contributed by atoms with Gasteiger partial charge in [-0.25, -0.2) is 0 Å². The van der Waals surface area contributed by atoms with Gasteiger partial charge in [0.2, 0.25) is 0 Å². The van der Waals surface area contributed by atoms with Crippen LogP contribution in [0.3, 0.4) is 0 Å². The molecule has 0 rings (SSSR count). The van der Waals surface area contributed by atoms with Gasteiger partial charge in [-0.2, -0.15) is 0 Å². The fraction of sp³-hybridized carbons (Fsp3) is 0.875. The second-order valence-corrected chi connectivity index (χ2v) is 2.52. The molecule has 0 bridgehead atoms. The van der Waals surface area contributed by atoms with Crippen molar-refractivity contribution >= 4 is 0 Å². The normalized spacial score (nSPS) is 13.5. The van der Waals surface area contributed by atoms with E-state index < -0.39 is 0 Å². The monoisotopic (exact) mass is 145 g/mol. The van der Waals surface area contributed by atoms with Crippen molar-refractivity contribution in [3.8, 4) is 0 Å². The number of rotatable bonds is 6. The van der Waals surface area contributed by atoms with Gasteiger partial charge < -0.3 is 10.2 Å². The van der Waals surface area contributed by atoms with Crippen LogP contribution in [0, 0.1) is 6.92 Å². The Bertz CT molecular complexity index is 56.3. The molecule has 0 aromatic carbocycles. The molecular weight excluding hydrogens is 128 g/mol. The number of aliphatic hydroxyl groups excluding tert-OH is 2. The van der Waals surface area contributed by atoms with Gasteiger partial charge in [-0.3, -0.25) is 0 Å². The van der Waals surface area contributed by atoms with Crippen LogP contribution >= 0.6 is 0 Å². The van der Waals surface area contributed by atoms with E-state index >= 15 is 0 Å². The molecule has 10 heavy (non-hydrogen) atoms. The molecule has 0 aliphatic rings. The molecule has 0 aliphatic heterocycles. The predicted octanol–water partition coefficient (Wildman–Crippen LogP) is 1.12. The van der Waals surface area contributed by atoms with Gasteiger partial charge in [-0.15, -0.1) is 0 Å². The summed E-state index contributed by atoms with van der Waals surface area (Å²) in [6, 6.07) is 0. The van der Waals surface area contributed by atoms with Gasteiger partial charge in [0.25, 0.3) is 0 Å². The molecule has 0 saturated heterocycles. The van der Waals surface area contributed by atoms with Gasteiger partial charge in [0.1, 0.15) is 0 Å². The van der Waals surface area contributed by atoms with Crippen LogP contribution in [0.25, 0.3) is 0 Å². The van der Waals surface area contributed by atoms with Crippen molar-refractivity contribution < 1.29 is 10.2 Å². The summed E-state index contributed by atoms with van der Waals surface area (Å²) in [5, 5.41) is 17.6. The minimum atomic E-state index is -0.228. The highest BCUT2D eigenvalue weighted by molar-refractivity contribution is 4.55. The highest BCUT2D eigenvalue weighted by atomic mass is 16.3. The Hall–Kier alpha value is -0.0800. The maximum atomic E-state index is 9.17. The molecule has 0 saturated carbocycles. The van der Waals surface area contributed by atoms with Crippen molar-refractivity contribution in [1.29, 1.82) is 0 Å². The lowest BCUT2D eigenvalue weighted by atomic mass is 10.1. The first-order chi connectivity index (χ1) is 4.81. The molecule has 2 heteroatoms. The summed E-state index contributed by atoms with van der Waals surface area (Å²) < 4.78 is 0. The molecule has 2 N–H and O–H groups in total. The third-order valence-corrected chi connectivity index (χ3v) is 1.48. The number of hydrogen-bond donors (Lipinski definition) is 2. The van der Waals surface area contributed by atoms with Crippen molar-refractivity contribution in [3.05, 3.63) is 6.92 Å². The van der Waals surface area contributed by atoms with Gasteiger partial charge in [0.15, 0.2) is 0 Å². The minimum absolute atomic E-state index is 0.182. The summed E-state index contributed by atoms with van der Waals surface area (Å²) in [5.74, 6) is 0. The van der Waals surface area contributed by atoms with Crippen LogP contribution in [0.5, 0.6) is 0 Å². The standard InChI is InChI=1S/C8H17O2/c1-2-3-5-8(10)6-4-7-9/h8-10H,1-7H2. The summed E-state index contributed by atoms with van der Waals surface area (Å²) in [7, 11) is 0. The molecule has 2 nitrogen and oxygen atoms in total. The first-order valence-electron chi connectivity index (χ1n) is 3.89. The molecule has 61 valence electrons. The van der Waals surface area contributed by atoms with Crippen molar-refractivity contribution in [2.75, 3.05) is 6.61 Å². The fourth-order valence-corrected chi connectivity index (χ4v) is 0.851. The van der Waals surface area contributed by atoms with Crippen molar-refractivity contribution in [2.45, 2.75) is 38.2 Å². The average molecular weight is 145 g/mol. The average Bonchev–Trinajstić information content (AvgIpc) is 1.97. The summed E-state index contributed by atoms with van der Waals surface area (Å²) in [6.07, 6.45) is 3.88. The van der Waals surface area contributed by atoms with Crippen LogP contribution in [0.4, 0.5) is 0 Å². The Morgan fingerprint density at radius 3 is 2.30 bits per heavy atom. The zero-order valence-corrected chi connectivity index (χ0v) is 6.42. The SMILES string of the molecule is [CH2]CCCC(O)CCCO. The summed E-state index contributed by atoms with van der Waals surface area (Å²) in [6.45, 7) is 3.86. The molecule has 0 aliphatic carbocycles. The van der Waals surface area contributed by atoms with E-state index in [-0.39, 0.29) is 12.7 Å². The highest BCUT2D eigenvalue weighted by Gasteiger charge is 2.00. The zero-order valence-electron chi connectivity index (χ0n) is 6.42. The molecule has 1 unspecified atom stereocenters. The van der Waals surface area contributed by atoms with Crippen LogP contribution in [0.1, 0.15) is 32.1 Å². The van der Waals surface area contributed by atoms with E-state index in [1.807, 2.05) is 0 Å². The Balaban J connectivity index is 3.00. The molecule has 0 amide bonds. The molecule has 0 heterocycles. The Morgan fingerprint density at radius 1 is 1.20 bits per heavy atom. The van der Waals surface area contributed by atoms with Crippen LogP contribution in [-0.4, -0.2) is 22.9 Å². The van der Waals surface area contributed by atoms with Crippen LogP contribution < -0.4 is 0 Å². The molecule has 1 radical (unpaired) electrons. The lowest BCUT2D eigenvalue weighted by Gasteiger charge is -2.07. The van der Waals surface area contributed by atoms with Crippen LogP contribution in [-0.2, 0) is 0 Å². The van der Waals surface area contributed by atoms with E-state index in [1.165, 1.54) is 0 Å². The Kier molecular flexibility index (Phi) is 6.98. The second-order valence-electron chi connectivity index (χ2n) is 2.52.